The molecule has 0 bridgehead atoms. The fourth-order valence-corrected chi connectivity index (χ4v) is 3.56. The fourth-order valence-electron chi connectivity index (χ4n) is 3.56. The highest BCUT2D eigenvalue weighted by Crippen LogP contribution is 2.22. The van der Waals surface area contributed by atoms with E-state index in [-0.39, 0.29) is 11.9 Å². The highest BCUT2D eigenvalue weighted by Gasteiger charge is 2.26. The van der Waals surface area contributed by atoms with Crippen molar-refractivity contribution in [3.05, 3.63) is 66.7 Å². The second-order valence-corrected chi connectivity index (χ2v) is 6.82. The first-order valence-corrected chi connectivity index (χ1v) is 9.38. The minimum Gasteiger partial charge on any atom is -0.497 e. The van der Waals surface area contributed by atoms with Crippen LogP contribution in [0.25, 0.3) is 5.69 Å². The Labute approximate surface area is 164 Å². The van der Waals surface area contributed by atoms with Gasteiger partial charge in [-0.25, -0.2) is 9.67 Å². The third-order valence-electron chi connectivity index (χ3n) is 4.97. The van der Waals surface area contributed by atoms with E-state index in [0.717, 1.165) is 36.5 Å². The molecule has 1 saturated heterocycles. The third-order valence-corrected chi connectivity index (χ3v) is 4.97. The monoisotopic (exact) mass is 377 g/mol. The van der Waals surface area contributed by atoms with E-state index in [4.69, 9.17) is 4.74 Å². The van der Waals surface area contributed by atoms with Gasteiger partial charge in [-0.3, -0.25) is 4.79 Å². The number of anilines is 1. The first-order valence-electron chi connectivity index (χ1n) is 9.38. The molecule has 2 aromatic carbocycles. The minimum absolute atomic E-state index is 0.0207. The van der Waals surface area contributed by atoms with E-state index < -0.39 is 0 Å². The summed E-state index contributed by atoms with van der Waals surface area (Å²) in [5.74, 6) is 0.850. The standard InChI is InChI=1S/C21H23N5O2/c1-28-18-10-8-16(9-11-18)24-17-5-4-12-25(13-17)21(27)19-6-2-3-7-20(19)26-15-22-14-23-26/h2-3,6-11,14-15,17,24H,4-5,12-13H2,1H3. The molecule has 1 aromatic heterocycles. The van der Waals surface area contributed by atoms with E-state index in [1.165, 1.54) is 6.33 Å². The summed E-state index contributed by atoms with van der Waals surface area (Å²) in [4.78, 5) is 19.1. The molecule has 0 saturated carbocycles. The van der Waals surface area contributed by atoms with Crippen molar-refractivity contribution in [1.29, 1.82) is 0 Å². The number of benzene rings is 2. The number of aromatic nitrogens is 3. The number of hydrogen-bond acceptors (Lipinski definition) is 5. The van der Waals surface area contributed by atoms with E-state index in [2.05, 4.69) is 15.4 Å². The van der Waals surface area contributed by atoms with Crippen LogP contribution in [0, 0.1) is 0 Å². The number of carbonyl (C=O) groups is 1. The van der Waals surface area contributed by atoms with Crippen molar-refractivity contribution in [3.63, 3.8) is 0 Å². The Morgan fingerprint density at radius 1 is 1.18 bits per heavy atom. The lowest BCUT2D eigenvalue weighted by molar-refractivity contribution is 0.0714. The molecule has 0 aliphatic carbocycles. The third kappa shape index (κ3) is 3.83. The van der Waals surface area contributed by atoms with Gasteiger partial charge >= 0.3 is 0 Å². The van der Waals surface area contributed by atoms with E-state index in [1.807, 2.05) is 53.4 Å². The Hall–Kier alpha value is -3.35. The molecule has 28 heavy (non-hydrogen) atoms. The number of para-hydroxylation sites is 1. The predicted octanol–water partition coefficient (Wildman–Crippen LogP) is 2.99. The number of piperidine rings is 1. The number of hydrogen-bond donors (Lipinski definition) is 1. The number of methoxy groups -OCH3 is 1. The number of carbonyl (C=O) groups excluding carboxylic acids is 1. The lowest BCUT2D eigenvalue weighted by Gasteiger charge is -2.34. The van der Waals surface area contributed by atoms with Crippen LogP contribution < -0.4 is 10.1 Å². The summed E-state index contributed by atoms with van der Waals surface area (Å²) in [7, 11) is 1.66. The zero-order valence-electron chi connectivity index (χ0n) is 15.8. The molecule has 7 nitrogen and oxygen atoms in total. The van der Waals surface area contributed by atoms with Crippen molar-refractivity contribution in [2.45, 2.75) is 18.9 Å². The summed E-state index contributed by atoms with van der Waals surface area (Å²) in [5.41, 5.74) is 2.41. The second kappa shape index (κ2) is 8.12. The topological polar surface area (TPSA) is 72.3 Å². The molecule has 144 valence electrons. The molecular formula is C21H23N5O2. The molecule has 1 N–H and O–H groups in total. The van der Waals surface area contributed by atoms with Crippen molar-refractivity contribution >= 4 is 11.6 Å². The molecule has 1 unspecified atom stereocenters. The number of rotatable bonds is 5. The Balaban J connectivity index is 1.48. The Kier molecular flexibility index (Phi) is 5.23. The van der Waals surface area contributed by atoms with Crippen molar-refractivity contribution in [1.82, 2.24) is 19.7 Å². The van der Waals surface area contributed by atoms with Crippen molar-refractivity contribution in [3.8, 4) is 11.4 Å². The summed E-state index contributed by atoms with van der Waals surface area (Å²) in [6, 6.07) is 15.6. The largest absolute Gasteiger partial charge is 0.497 e. The first-order chi connectivity index (χ1) is 13.7. The highest BCUT2D eigenvalue weighted by atomic mass is 16.5. The maximum absolute atomic E-state index is 13.2. The molecule has 2 heterocycles. The van der Waals surface area contributed by atoms with Crippen LogP contribution in [-0.4, -0.2) is 51.8 Å². The van der Waals surface area contributed by atoms with Gasteiger partial charge in [0.1, 0.15) is 18.4 Å². The van der Waals surface area contributed by atoms with Gasteiger partial charge in [-0.05, 0) is 49.2 Å². The van der Waals surface area contributed by atoms with Crippen molar-refractivity contribution in [2.24, 2.45) is 0 Å². The Bertz CT molecular complexity index is 924. The average molecular weight is 377 g/mol. The molecule has 4 rings (SSSR count). The number of nitrogens with one attached hydrogen (secondary N) is 1. The predicted molar refractivity (Wildman–Crippen MR) is 107 cm³/mol. The van der Waals surface area contributed by atoms with Gasteiger partial charge < -0.3 is 15.0 Å². The molecule has 1 aliphatic rings. The van der Waals surface area contributed by atoms with Gasteiger partial charge in [-0.15, -0.1) is 0 Å². The van der Waals surface area contributed by atoms with Crippen LogP contribution in [0.4, 0.5) is 5.69 Å². The Morgan fingerprint density at radius 2 is 2.00 bits per heavy atom. The summed E-state index contributed by atoms with van der Waals surface area (Å²) in [6.45, 7) is 1.42. The zero-order valence-corrected chi connectivity index (χ0v) is 15.8. The van der Waals surface area contributed by atoms with E-state index in [9.17, 15) is 4.79 Å². The quantitative estimate of drug-likeness (QED) is 0.740. The maximum atomic E-state index is 13.2. The second-order valence-electron chi connectivity index (χ2n) is 6.82. The first kappa shape index (κ1) is 18.0. The molecule has 3 aromatic rings. The van der Waals surface area contributed by atoms with Gasteiger partial charge in [0, 0.05) is 24.8 Å². The fraction of sp³-hybridized carbons (Fsp3) is 0.286. The van der Waals surface area contributed by atoms with Crippen LogP contribution in [-0.2, 0) is 0 Å². The van der Waals surface area contributed by atoms with E-state index >= 15 is 0 Å². The summed E-state index contributed by atoms with van der Waals surface area (Å²) >= 11 is 0. The number of amides is 1. The highest BCUT2D eigenvalue weighted by molar-refractivity contribution is 5.97. The van der Waals surface area contributed by atoms with Gasteiger partial charge in [0.2, 0.25) is 0 Å². The van der Waals surface area contributed by atoms with Gasteiger partial charge in [-0.2, -0.15) is 5.10 Å². The molecular weight excluding hydrogens is 354 g/mol. The lowest BCUT2D eigenvalue weighted by atomic mass is 10.0. The summed E-state index contributed by atoms with van der Waals surface area (Å²) < 4.78 is 6.84. The average Bonchev–Trinajstić information content (AvgIpc) is 3.29. The molecule has 7 heteroatoms. The normalized spacial score (nSPS) is 16.6. The lowest BCUT2D eigenvalue weighted by Crippen LogP contribution is -2.45. The van der Waals surface area contributed by atoms with Crippen LogP contribution in [0.5, 0.6) is 5.75 Å². The molecule has 0 radical (unpaired) electrons. The minimum atomic E-state index is 0.0207. The van der Waals surface area contributed by atoms with E-state index in [0.29, 0.717) is 12.1 Å². The van der Waals surface area contributed by atoms with Crippen molar-refractivity contribution < 1.29 is 9.53 Å². The molecule has 0 spiro atoms. The molecule has 1 fully saturated rings. The summed E-state index contributed by atoms with van der Waals surface area (Å²) in [6.07, 6.45) is 5.07. The van der Waals surface area contributed by atoms with Crippen LogP contribution in [0.1, 0.15) is 23.2 Å². The van der Waals surface area contributed by atoms with Crippen LogP contribution >= 0.6 is 0 Å². The van der Waals surface area contributed by atoms with Gasteiger partial charge in [-0.1, -0.05) is 12.1 Å². The van der Waals surface area contributed by atoms with Crippen LogP contribution in [0.15, 0.2) is 61.2 Å². The van der Waals surface area contributed by atoms with E-state index in [1.54, 1.807) is 18.1 Å². The molecule has 1 aliphatic heterocycles. The maximum Gasteiger partial charge on any atom is 0.256 e. The molecule has 1 amide bonds. The van der Waals surface area contributed by atoms with Gasteiger partial charge in [0.15, 0.2) is 0 Å². The molecule has 1 atom stereocenters. The zero-order chi connectivity index (χ0) is 19.3. The number of ether oxygens (including phenoxy) is 1. The smallest absolute Gasteiger partial charge is 0.256 e. The van der Waals surface area contributed by atoms with Crippen LogP contribution in [0.3, 0.4) is 0 Å². The van der Waals surface area contributed by atoms with Crippen LogP contribution in [0.2, 0.25) is 0 Å². The number of nitrogens with zero attached hydrogens (tertiary/aromatic N) is 4. The number of likely N-dealkylation sites (tertiary alicyclic amines) is 1. The van der Waals surface area contributed by atoms with Crippen molar-refractivity contribution in [2.75, 3.05) is 25.5 Å². The SMILES string of the molecule is COc1ccc(NC2CCCN(C(=O)c3ccccc3-n3cncn3)C2)cc1. The summed E-state index contributed by atoms with van der Waals surface area (Å²) in [5, 5.41) is 7.71. The van der Waals surface area contributed by atoms with Gasteiger partial charge in [0.05, 0.1) is 18.4 Å². The Morgan fingerprint density at radius 3 is 2.75 bits per heavy atom. The van der Waals surface area contributed by atoms with Gasteiger partial charge in [0.25, 0.3) is 5.91 Å².